The lowest BCUT2D eigenvalue weighted by atomic mass is 9.93. The molecule has 2 aliphatic rings. The molecule has 1 unspecified atom stereocenters. The summed E-state index contributed by atoms with van der Waals surface area (Å²) in [6, 6.07) is 16.1. The van der Waals surface area contributed by atoms with Crippen LogP contribution in [0.3, 0.4) is 0 Å². The molecule has 3 aromatic carbocycles. The molecule has 8 heteroatoms. The van der Waals surface area contributed by atoms with E-state index in [4.69, 9.17) is 14.5 Å². The third kappa shape index (κ3) is 4.25. The Labute approximate surface area is 230 Å². The van der Waals surface area contributed by atoms with Crippen molar-refractivity contribution < 1.29 is 24.2 Å². The number of fused-ring (bicyclic) bond motifs is 2. The Kier molecular flexibility index (Phi) is 6.14. The number of hydrogen-bond acceptors (Lipinski definition) is 7. The van der Waals surface area contributed by atoms with Crippen LogP contribution in [0.15, 0.2) is 60.2 Å². The number of aliphatic hydroxyl groups excluding tert-OH is 1. The molecule has 198 valence electrons. The average molecular weight is 541 g/mol. The Morgan fingerprint density at radius 1 is 1.00 bits per heavy atom. The fraction of sp³-hybridized carbons (Fsp3) is 0.258. The van der Waals surface area contributed by atoms with Gasteiger partial charge in [0.05, 0.1) is 21.8 Å². The number of thiazole rings is 1. The molecule has 1 aromatic heterocycles. The highest BCUT2D eigenvalue weighted by atomic mass is 32.1. The van der Waals surface area contributed by atoms with Gasteiger partial charge in [-0.3, -0.25) is 14.5 Å². The number of carbonyl (C=O) groups excluding carboxylic acids is 2. The lowest BCUT2D eigenvalue weighted by Gasteiger charge is -2.23. The van der Waals surface area contributed by atoms with Crippen LogP contribution in [-0.2, 0) is 9.59 Å². The molecule has 4 aromatic rings. The summed E-state index contributed by atoms with van der Waals surface area (Å²) in [5.74, 6) is -0.376. The van der Waals surface area contributed by atoms with Crippen molar-refractivity contribution in [3.05, 3.63) is 88.0 Å². The van der Waals surface area contributed by atoms with E-state index in [9.17, 15) is 14.7 Å². The zero-order chi connectivity index (χ0) is 27.4. The number of rotatable bonds is 4. The van der Waals surface area contributed by atoms with Crippen molar-refractivity contribution >= 4 is 44.1 Å². The van der Waals surface area contributed by atoms with Gasteiger partial charge in [0.2, 0.25) is 0 Å². The lowest BCUT2D eigenvalue weighted by Crippen LogP contribution is -2.29. The Hall–Kier alpha value is -4.17. The number of anilines is 1. The minimum atomic E-state index is -0.846. The molecule has 0 bridgehead atoms. The number of ether oxygens (including phenoxy) is 2. The highest BCUT2D eigenvalue weighted by Crippen LogP contribution is 2.45. The molecule has 1 N–H and O–H groups in total. The van der Waals surface area contributed by atoms with Crippen molar-refractivity contribution in [3.63, 3.8) is 0 Å². The molecule has 0 spiro atoms. The molecular weight excluding hydrogens is 512 g/mol. The maximum atomic E-state index is 13.6. The van der Waals surface area contributed by atoms with Crippen molar-refractivity contribution in [1.29, 1.82) is 0 Å². The SMILES string of the molecule is Cc1cc(C)c2nc(N3C(=O)C(=O)/C(=C(/O)c4ccc5c(c4)OCCO5)C3c3ccc(C(C)C)cc3)sc2c1. The Morgan fingerprint density at radius 3 is 2.44 bits per heavy atom. The minimum Gasteiger partial charge on any atom is -0.507 e. The van der Waals surface area contributed by atoms with E-state index >= 15 is 0 Å². The maximum Gasteiger partial charge on any atom is 0.301 e. The van der Waals surface area contributed by atoms with E-state index in [0.29, 0.717) is 46.9 Å². The molecule has 1 atom stereocenters. The van der Waals surface area contributed by atoms with Crippen molar-refractivity contribution in [2.24, 2.45) is 0 Å². The number of aryl methyl sites for hydroxylation is 2. The number of Topliss-reactive ketones (excluding diaryl/α,β-unsaturated/α-hetero) is 1. The molecular formula is C31H28N2O5S. The number of aromatic nitrogens is 1. The van der Waals surface area contributed by atoms with Crippen LogP contribution < -0.4 is 14.4 Å². The molecule has 7 nitrogen and oxygen atoms in total. The van der Waals surface area contributed by atoms with Gasteiger partial charge in [0.1, 0.15) is 19.0 Å². The van der Waals surface area contributed by atoms with Gasteiger partial charge in [-0.2, -0.15) is 0 Å². The largest absolute Gasteiger partial charge is 0.507 e. The highest BCUT2D eigenvalue weighted by molar-refractivity contribution is 7.22. The first-order valence-corrected chi connectivity index (χ1v) is 13.7. The maximum absolute atomic E-state index is 13.6. The molecule has 39 heavy (non-hydrogen) atoms. The van der Waals surface area contributed by atoms with Gasteiger partial charge in [-0.05, 0) is 66.3 Å². The number of hydrogen-bond donors (Lipinski definition) is 1. The number of amides is 1. The molecule has 6 rings (SSSR count). The fourth-order valence-corrected chi connectivity index (χ4v) is 6.38. The topological polar surface area (TPSA) is 89.0 Å². The van der Waals surface area contributed by atoms with E-state index in [0.717, 1.165) is 26.9 Å². The summed E-state index contributed by atoms with van der Waals surface area (Å²) in [6.07, 6.45) is 0. The fourth-order valence-electron chi connectivity index (χ4n) is 5.22. The Bertz CT molecular complexity index is 1670. The van der Waals surface area contributed by atoms with E-state index in [-0.39, 0.29) is 11.3 Å². The number of ketones is 1. The van der Waals surface area contributed by atoms with Crippen LogP contribution in [-0.4, -0.2) is 35.0 Å². The third-order valence-electron chi connectivity index (χ3n) is 7.20. The second-order valence-electron chi connectivity index (χ2n) is 10.3. The lowest BCUT2D eigenvalue weighted by molar-refractivity contribution is -0.132. The van der Waals surface area contributed by atoms with Crippen molar-refractivity contribution in [2.45, 2.75) is 39.7 Å². The monoisotopic (exact) mass is 540 g/mol. The van der Waals surface area contributed by atoms with Crippen LogP contribution in [0.2, 0.25) is 0 Å². The quantitative estimate of drug-likeness (QED) is 0.182. The van der Waals surface area contributed by atoms with Gasteiger partial charge < -0.3 is 14.6 Å². The molecule has 3 heterocycles. The first-order chi connectivity index (χ1) is 18.7. The first kappa shape index (κ1) is 25.1. The molecule has 0 radical (unpaired) electrons. The predicted octanol–water partition coefficient (Wildman–Crippen LogP) is 6.43. The molecule has 1 saturated heterocycles. The van der Waals surface area contributed by atoms with Crippen LogP contribution in [0.1, 0.15) is 53.6 Å². The zero-order valence-corrected chi connectivity index (χ0v) is 23.0. The van der Waals surface area contributed by atoms with Crippen LogP contribution in [0.25, 0.3) is 16.0 Å². The summed E-state index contributed by atoms with van der Waals surface area (Å²) in [5, 5.41) is 12.0. The van der Waals surface area contributed by atoms with E-state index in [2.05, 4.69) is 13.8 Å². The standard InChI is InChI=1S/C31H28N2O5S/c1-16(2)19-5-7-20(8-6-19)27-25(28(34)21-9-10-22-23(15-21)38-12-11-37-22)29(35)30(36)33(27)31-32-26-18(4)13-17(3)14-24(26)39-31/h5-10,13-16,27,34H,11-12H2,1-4H3/b28-25+. The summed E-state index contributed by atoms with van der Waals surface area (Å²) in [5.41, 5.74) is 5.12. The molecule has 0 aliphatic carbocycles. The first-order valence-electron chi connectivity index (χ1n) is 12.9. The van der Waals surface area contributed by atoms with Gasteiger partial charge in [0, 0.05) is 5.56 Å². The molecule has 1 fully saturated rings. The third-order valence-corrected chi connectivity index (χ3v) is 8.21. The van der Waals surface area contributed by atoms with Crippen LogP contribution >= 0.6 is 11.3 Å². The normalized spacial score (nSPS) is 18.4. The summed E-state index contributed by atoms with van der Waals surface area (Å²) in [6.45, 7) is 9.04. The van der Waals surface area contributed by atoms with Gasteiger partial charge in [-0.15, -0.1) is 0 Å². The second kappa shape index (κ2) is 9.54. The number of nitrogens with zero attached hydrogens (tertiary/aromatic N) is 2. The average Bonchev–Trinajstić information content (AvgIpc) is 3.46. The van der Waals surface area contributed by atoms with Crippen LogP contribution in [0.4, 0.5) is 5.13 Å². The van der Waals surface area contributed by atoms with E-state index in [1.54, 1.807) is 18.2 Å². The van der Waals surface area contributed by atoms with Gasteiger partial charge >= 0.3 is 5.91 Å². The highest BCUT2D eigenvalue weighted by Gasteiger charge is 2.48. The van der Waals surface area contributed by atoms with Gasteiger partial charge in [-0.1, -0.05) is 55.5 Å². The van der Waals surface area contributed by atoms with Crippen molar-refractivity contribution in [3.8, 4) is 11.5 Å². The summed E-state index contributed by atoms with van der Waals surface area (Å²) in [7, 11) is 0. The number of benzene rings is 3. The molecule has 1 amide bonds. The van der Waals surface area contributed by atoms with E-state index in [1.807, 2.05) is 50.2 Å². The van der Waals surface area contributed by atoms with E-state index in [1.165, 1.54) is 16.2 Å². The number of aliphatic hydroxyl groups is 1. The minimum absolute atomic E-state index is 0.0149. The van der Waals surface area contributed by atoms with Gasteiger partial charge in [-0.25, -0.2) is 4.98 Å². The summed E-state index contributed by atoms with van der Waals surface area (Å²) < 4.78 is 12.2. The van der Waals surface area contributed by atoms with Crippen LogP contribution in [0.5, 0.6) is 11.5 Å². The van der Waals surface area contributed by atoms with E-state index < -0.39 is 17.7 Å². The predicted molar refractivity (Wildman–Crippen MR) is 152 cm³/mol. The molecule has 2 aliphatic heterocycles. The van der Waals surface area contributed by atoms with Crippen molar-refractivity contribution in [1.82, 2.24) is 4.98 Å². The smallest absolute Gasteiger partial charge is 0.301 e. The Morgan fingerprint density at radius 2 is 1.72 bits per heavy atom. The summed E-state index contributed by atoms with van der Waals surface area (Å²) in [4.78, 5) is 33.4. The van der Waals surface area contributed by atoms with Crippen LogP contribution in [0, 0.1) is 13.8 Å². The van der Waals surface area contributed by atoms with Gasteiger partial charge in [0.25, 0.3) is 5.78 Å². The van der Waals surface area contributed by atoms with Crippen molar-refractivity contribution in [2.75, 3.05) is 18.1 Å². The Balaban J connectivity index is 1.54. The van der Waals surface area contributed by atoms with Gasteiger partial charge in [0.15, 0.2) is 16.6 Å². The number of carbonyl (C=O) groups is 2. The summed E-state index contributed by atoms with van der Waals surface area (Å²) >= 11 is 1.36. The second-order valence-corrected chi connectivity index (χ2v) is 11.3. The molecule has 0 saturated carbocycles. The zero-order valence-electron chi connectivity index (χ0n) is 22.1.